The van der Waals surface area contributed by atoms with Gasteiger partial charge in [-0.3, -0.25) is 9.48 Å². The summed E-state index contributed by atoms with van der Waals surface area (Å²) in [5.41, 5.74) is 1.57. The molecule has 8 heteroatoms. The lowest BCUT2D eigenvalue weighted by Crippen LogP contribution is -2.35. The van der Waals surface area contributed by atoms with Gasteiger partial charge in [0, 0.05) is 44.9 Å². The van der Waals surface area contributed by atoms with Crippen LogP contribution in [0.15, 0.2) is 30.6 Å². The minimum Gasteiger partial charge on any atom is -0.355 e. The summed E-state index contributed by atoms with van der Waals surface area (Å²) in [5.74, 6) is -1.34. The van der Waals surface area contributed by atoms with Gasteiger partial charge in [0.2, 0.25) is 5.91 Å². The summed E-state index contributed by atoms with van der Waals surface area (Å²) < 4.78 is 28.0. The van der Waals surface area contributed by atoms with Gasteiger partial charge in [-0.15, -0.1) is 12.4 Å². The van der Waals surface area contributed by atoms with Crippen molar-refractivity contribution in [3.05, 3.63) is 53.4 Å². The number of halogens is 3. The Hall–Kier alpha value is -1.99. The number of aryl methyl sites for hydroxylation is 1. The van der Waals surface area contributed by atoms with Gasteiger partial charge < -0.3 is 10.6 Å². The first-order valence-electron chi connectivity index (χ1n) is 7.95. The fourth-order valence-corrected chi connectivity index (χ4v) is 3.15. The zero-order chi connectivity index (χ0) is 17.1. The third-order valence-corrected chi connectivity index (χ3v) is 4.34. The van der Waals surface area contributed by atoms with E-state index in [4.69, 9.17) is 0 Å². The molecule has 2 heterocycles. The van der Waals surface area contributed by atoms with Gasteiger partial charge in [0.05, 0.1) is 12.1 Å². The number of nitrogens with one attached hydrogen (secondary N) is 2. The van der Waals surface area contributed by atoms with E-state index in [1.165, 1.54) is 12.1 Å². The number of hydrogen-bond acceptors (Lipinski definition) is 3. The maximum absolute atomic E-state index is 13.2. The van der Waals surface area contributed by atoms with Crippen molar-refractivity contribution < 1.29 is 13.6 Å². The second-order valence-corrected chi connectivity index (χ2v) is 6.14. The number of hydrogen-bond donors (Lipinski definition) is 2. The van der Waals surface area contributed by atoms with Crippen molar-refractivity contribution in [3.8, 4) is 0 Å². The Kier molecular flexibility index (Phi) is 6.50. The van der Waals surface area contributed by atoms with Gasteiger partial charge in [0.25, 0.3) is 0 Å². The Balaban J connectivity index is 0.00000225. The molecule has 1 aromatic carbocycles. The van der Waals surface area contributed by atoms with Crippen LogP contribution in [0.4, 0.5) is 8.78 Å². The Morgan fingerprint density at radius 3 is 2.68 bits per heavy atom. The molecule has 2 aromatic rings. The van der Waals surface area contributed by atoms with Crippen LogP contribution in [0.5, 0.6) is 0 Å². The highest BCUT2D eigenvalue weighted by atomic mass is 35.5. The van der Waals surface area contributed by atoms with Crippen molar-refractivity contribution in [3.63, 3.8) is 0 Å². The summed E-state index contributed by atoms with van der Waals surface area (Å²) in [7, 11) is 1.85. The summed E-state index contributed by atoms with van der Waals surface area (Å²) in [6.45, 7) is 1.69. The molecule has 0 aliphatic carbocycles. The molecule has 5 nitrogen and oxygen atoms in total. The molecule has 25 heavy (non-hydrogen) atoms. The highest BCUT2D eigenvalue weighted by molar-refractivity contribution is 5.85. The Bertz CT molecular complexity index is 717. The molecule has 1 aliphatic rings. The Morgan fingerprint density at radius 2 is 2.04 bits per heavy atom. The van der Waals surface area contributed by atoms with E-state index in [-0.39, 0.29) is 30.2 Å². The highest BCUT2D eigenvalue weighted by Gasteiger charge is 2.34. The predicted octanol–water partition coefficient (Wildman–Crippen LogP) is 1.78. The first-order valence-corrected chi connectivity index (χ1v) is 7.95. The van der Waals surface area contributed by atoms with E-state index in [0.29, 0.717) is 25.1 Å². The minimum atomic E-state index is -0.604. The van der Waals surface area contributed by atoms with Crippen LogP contribution in [0.1, 0.15) is 17.0 Å². The van der Waals surface area contributed by atoms with E-state index < -0.39 is 11.6 Å². The number of carbonyl (C=O) groups excluding carboxylic acids is 1. The van der Waals surface area contributed by atoms with Crippen LogP contribution in [0.2, 0.25) is 0 Å². The molecule has 2 N–H and O–H groups in total. The van der Waals surface area contributed by atoms with Gasteiger partial charge in [-0.1, -0.05) is 0 Å². The number of benzene rings is 1. The van der Waals surface area contributed by atoms with E-state index in [1.807, 2.05) is 13.2 Å². The molecule has 0 radical (unpaired) electrons. The molecule has 3 rings (SSSR count). The summed E-state index contributed by atoms with van der Waals surface area (Å²) in [6.07, 6.45) is 4.10. The second kappa shape index (κ2) is 8.40. The van der Waals surface area contributed by atoms with Gasteiger partial charge >= 0.3 is 0 Å². The summed E-state index contributed by atoms with van der Waals surface area (Å²) in [5, 5.41) is 10.3. The summed E-state index contributed by atoms with van der Waals surface area (Å²) >= 11 is 0. The Morgan fingerprint density at radius 1 is 1.32 bits per heavy atom. The van der Waals surface area contributed by atoms with Gasteiger partial charge in [-0.05, 0) is 29.7 Å². The second-order valence-electron chi connectivity index (χ2n) is 6.14. The van der Waals surface area contributed by atoms with Crippen molar-refractivity contribution in [2.45, 2.75) is 12.3 Å². The average Bonchev–Trinajstić information content (AvgIpc) is 3.14. The first kappa shape index (κ1) is 19.3. The topological polar surface area (TPSA) is 59.0 Å². The largest absolute Gasteiger partial charge is 0.355 e. The van der Waals surface area contributed by atoms with Gasteiger partial charge in [0.1, 0.15) is 11.6 Å². The van der Waals surface area contributed by atoms with E-state index in [2.05, 4.69) is 15.7 Å². The van der Waals surface area contributed by atoms with E-state index in [0.717, 1.165) is 18.2 Å². The summed E-state index contributed by atoms with van der Waals surface area (Å²) in [6, 6.07) is 3.40. The Labute approximate surface area is 151 Å². The number of amides is 1. The number of rotatable bonds is 5. The van der Waals surface area contributed by atoms with Crippen molar-refractivity contribution >= 4 is 18.3 Å². The quantitative estimate of drug-likeness (QED) is 0.843. The fourth-order valence-electron chi connectivity index (χ4n) is 3.15. The van der Waals surface area contributed by atoms with Crippen molar-refractivity contribution in [2.24, 2.45) is 13.0 Å². The average molecular weight is 371 g/mol. The molecule has 0 unspecified atom stereocenters. The predicted molar refractivity (Wildman–Crippen MR) is 92.6 cm³/mol. The highest BCUT2D eigenvalue weighted by Crippen LogP contribution is 2.27. The fraction of sp³-hybridized carbons (Fsp3) is 0.412. The first-order chi connectivity index (χ1) is 11.5. The standard InChI is InChI=1S/C17H20F2N4O.ClH/c1-23-10-12(7-22-23)15-8-20-9-16(15)17(24)21-3-2-11-4-13(18)6-14(19)5-11;/h4-7,10,15-16,20H,2-3,8-9H2,1H3,(H,21,24);1H/t15-,16+;/m1./s1. The normalized spacial score (nSPS) is 19.5. The third kappa shape index (κ3) is 4.76. The minimum absolute atomic E-state index is 0. The van der Waals surface area contributed by atoms with E-state index in [9.17, 15) is 13.6 Å². The van der Waals surface area contributed by atoms with Crippen LogP contribution in [0.3, 0.4) is 0 Å². The molecule has 1 saturated heterocycles. The van der Waals surface area contributed by atoms with E-state index >= 15 is 0 Å². The molecule has 1 aliphatic heterocycles. The number of nitrogens with zero attached hydrogens (tertiary/aromatic N) is 2. The molecule has 1 fully saturated rings. The number of aromatic nitrogens is 2. The maximum Gasteiger partial charge on any atom is 0.225 e. The molecule has 136 valence electrons. The molecule has 1 amide bonds. The van der Waals surface area contributed by atoms with Crippen LogP contribution in [-0.2, 0) is 18.3 Å². The van der Waals surface area contributed by atoms with Crippen LogP contribution >= 0.6 is 12.4 Å². The number of carbonyl (C=O) groups is 1. The van der Waals surface area contributed by atoms with Crippen molar-refractivity contribution in [2.75, 3.05) is 19.6 Å². The third-order valence-electron chi connectivity index (χ3n) is 4.34. The smallest absolute Gasteiger partial charge is 0.225 e. The molecule has 0 saturated carbocycles. The van der Waals surface area contributed by atoms with Gasteiger partial charge in [-0.2, -0.15) is 5.10 Å². The molecule has 0 spiro atoms. The monoisotopic (exact) mass is 370 g/mol. The van der Waals surface area contributed by atoms with Crippen LogP contribution in [0, 0.1) is 17.6 Å². The van der Waals surface area contributed by atoms with Crippen molar-refractivity contribution in [1.82, 2.24) is 20.4 Å². The zero-order valence-corrected chi connectivity index (χ0v) is 14.7. The van der Waals surface area contributed by atoms with E-state index in [1.54, 1.807) is 10.9 Å². The molecular weight excluding hydrogens is 350 g/mol. The zero-order valence-electron chi connectivity index (χ0n) is 13.8. The molecule has 1 aromatic heterocycles. The van der Waals surface area contributed by atoms with Gasteiger partial charge in [-0.25, -0.2) is 8.78 Å². The van der Waals surface area contributed by atoms with Crippen LogP contribution in [-0.4, -0.2) is 35.3 Å². The maximum atomic E-state index is 13.2. The molecular formula is C17H21ClF2N4O. The molecule has 0 bridgehead atoms. The van der Waals surface area contributed by atoms with Crippen molar-refractivity contribution in [1.29, 1.82) is 0 Å². The lowest BCUT2D eigenvalue weighted by molar-refractivity contribution is -0.124. The SMILES string of the molecule is Cl.Cn1cc([C@H]2CNC[C@@H]2C(=O)NCCc2cc(F)cc(F)c2)cn1. The van der Waals surface area contributed by atoms with Crippen LogP contribution in [0.25, 0.3) is 0 Å². The summed E-state index contributed by atoms with van der Waals surface area (Å²) in [4.78, 5) is 12.4. The van der Waals surface area contributed by atoms with Gasteiger partial charge in [0.15, 0.2) is 0 Å². The lowest BCUT2D eigenvalue weighted by atomic mass is 9.90. The van der Waals surface area contributed by atoms with Crippen LogP contribution < -0.4 is 10.6 Å². The lowest BCUT2D eigenvalue weighted by Gasteiger charge is -2.17. The molecule has 2 atom stereocenters.